The number of nitrogens with zero attached hydrogens (tertiary/aromatic N) is 1. The van der Waals surface area contributed by atoms with E-state index in [0.717, 1.165) is 34.1 Å². The average Bonchev–Trinajstić information content (AvgIpc) is 3.11. The molecule has 4 atom stereocenters. The normalized spacial score (nSPS) is 23.3. The predicted octanol–water partition coefficient (Wildman–Crippen LogP) is 6.10. The number of fused-ring (bicyclic) bond motifs is 2. The van der Waals surface area contributed by atoms with Crippen molar-refractivity contribution >= 4 is 11.7 Å². The van der Waals surface area contributed by atoms with Gasteiger partial charge in [-0.15, -0.1) is 0 Å². The van der Waals surface area contributed by atoms with E-state index < -0.39 is 5.41 Å². The third-order valence-electron chi connectivity index (χ3n) is 8.94. The molecule has 5 aromatic carbocycles. The van der Waals surface area contributed by atoms with E-state index in [0.29, 0.717) is 0 Å². The van der Waals surface area contributed by atoms with E-state index in [1.54, 1.807) is 0 Å². The van der Waals surface area contributed by atoms with Crippen LogP contribution in [0.3, 0.4) is 0 Å². The van der Waals surface area contributed by atoms with Gasteiger partial charge in [-0.25, -0.2) is 10.3 Å². The highest BCUT2D eigenvalue weighted by molar-refractivity contribution is 6.13. The minimum absolute atomic E-state index is 0.0656. The summed E-state index contributed by atoms with van der Waals surface area (Å²) in [5, 5.41) is 3.65. The van der Waals surface area contributed by atoms with E-state index in [1.165, 1.54) is 16.7 Å². The van der Waals surface area contributed by atoms with Gasteiger partial charge in [-0.3, -0.25) is 0 Å². The number of nitrogens with one attached hydrogen (secondary N) is 2. The van der Waals surface area contributed by atoms with Crippen LogP contribution in [0.15, 0.2) is 169 Å². The maximum atomic E-state index is 6.62. The van der Waals surface area contributed by atoms with Crippen LogP contribution in [0.5, 0.6) is 5.75 Å². The number of ether oxygens (including phenoxy) is 1. The molecule has 212 valence electrons. The van der Waals surface area contributed by atoms with E-state index in [4.69, 9.17) is 9.73 Å². The third-order valence-corrected chi connectivity index (χ3v) is 8.94. The molecule has 44 heavy (non-hydrogen) atoms. The second kappa shape index (κ2) is 11.0. The van der Waals surface area contributed by atoms with Gasteiger partial charge in [0.1, 0.15) is 11.9 Å². The third kappa shape index (κ3) is 4.38. The maximum absolute atomic E-state index is 6.62. The zero-order valence-corrected chi connectivity index (χ0v) is 24.2. The first kappa shape index (κ1) is 26.2. The van der Waals surface area contributed by atoms with E-state index in [9.17, 15) is 0 Å². The summed E-state index contributed by atoms with van der Waals surface area (Å²) in [5.41, 5.74) is 6.38. The summed E-state index contributed by atoms with van der Waals surface area (Å²) in [6, 6.07) is 49.1. The number of allylic oxidation sites excluding steroid dienone is 2. The Balaban J connectivity index is 1.32. The smallest absolute Gasteiger partial charge is 0.283 e. The topological polar surface area (TPSA) is 47.6 Å². The molecule has 0 bridgehead atoms. The molecule has 0 amide bonds. The molecule has 1 aliphatic carbocycles. The van der Waals surface area contributed by atoms with Crippen molar-refractivity contribution in [1.29, 1.82) is 0 Å². The summed E-state index contributed by atoms with van der Waals surface area (Å²) in [6.07, 6.45) is 8.45. The molecular weight excluding hydrogens is 538 g/mol. The van der Waals surface area contributed by atoms with Crippen LogP contribution in [0.4, 0.5) is 0 Å². The monoisotopic (exact) mass is 570 g/mol. The van der Waals surface area contributed by atoms with Crippen LogP contribution in [0, 0.1) is 5.92 Å². The predicted molar refractivity (Wildman–Crippen MR) is 176 cm³/mol. The number of aliphatic imine (C=N–C) groups is 1. The highest BCUT2D eigenvalue weighted by Crippen LogP contribution is 2.54. The largest absolute Gasteiger partial charge is 0.485 e. The van der Waals surface area contributed by atoms with Crippen molar-refractivity contribution in [1.82, 2.24) is 5.32 Å². The Morgan fingerprint density at radius 3 is 2.11 bits per heavy atom. The number of rotatable bonds is 5. The van der Waals surface area contributed by atoms with Gasteiger partial charge in [0.25, 0.3) is 5.84 Å². The Labute approximate surface area is 257 Å². The van der Waals surface area contributed by atoms with E-state index in [2.05, 4.69) is 150 Å². The van der Waals surface area contributed by atoms with Gasteiger partial charge in [0.2, 0.25) is 12.0 Å². The number of hydrogen-bond acceptors (Lipinski definition) is 3. The van der Waals surface area contributed by atoms with Gasteiger partial charge in [-0.1, -0.05) is 127 Å². The molecule has 2 heterocycles. The van der Waals surface area contributed by atoms with Crippen LogP contribution < -0.4 is 15.0 Å². The lowest BCUT2D eigenvalue weighted by molar-refractivity contribution is -0.510. The number of amidine groups is 2. The van der Waals surface area contributed by atoms with Crippen molar-refractivity contribution in [3.63, 3.8) is 0 Å². The van der Waals surface area contributed by atoms with Gasteiger partial charge in [-0.05, 0) is 47.5 Å². The van der Waals surface area contributed by atoms with Crippen LogP contribution in [0.1, 0.15) is 39.5 Å². The van der Waals surface area contributed by atoms with E-state index >= 15 is 0 Å². The molecule has 4 unspecified atom stereocenters. The average molecular weight is 571 g/mol. The van der Waals surface area contributed by atoms with Crippen LogP contribution in [-0.4, -0.2) is 17.8 Å². The summed E-state index contributed by atoms with van der Waals surface area (Å²) in [5.74, 6) is 2.75. The molecule has 4 nitrogen and oxygen atoms in total. The Morgan fingerprint density at radius 2 is 1.30 bits per heavy atom. The number of benzene rings is 5. The van der Waals surface area contributed by atoms with Crippen LogP contribution >= 0.6 is 0 Å². The fraction of sp³-hybridized carbons (Fsp3) is 0.100. The second-order valence-corrected chi connectivity index (χ2v) is 11.4. The first-order valence-electron chi connectivity index (χ1n) is 15.2. The van der Waals surface area contributed by atoms with Crippen LogP contribution in [-0.2, 0) is 5.41 Å². The molecule has 8 rings (SSSR count). The quantitative estimate of drug-likeness (QED) is 0.268. The van der Waals surface area contributed by atoms with Crippen molar-refractivity contribution in [2.24, 2.45) is 10.9 Å². The summed E-state index contributed by atoms with van der Waals surface area (Å²) < 4.78 is 6.62. The maximum Gasteiger partial charge on any atom is 0.283 e. The minimum atomic E-state index is -0.470. The molecule has 0 spiro atoms. The van der Waals surface area contributed by atoms with Crippen LogP contribution in [0.2, 0.25) is 0 Å². The van der Waals surface area contributed by atoms with Crippen molar-refractivity contribution in [3.8, 4) is 5.75 Å². The Bertz CT molecular complexity index is 1930. The lowest BCUT2D eigenvalue weighted by Crippen LogP contribution is -2.80. The Kier molecular flexibility index (Phi) is 6.53. The summed E-state index contributed by atoms with van der Waals surface area (Å²) in [6.45, 7) is 0. The zero-order valence-electron chi connectivity index (χ0n) is 24.2. The Hall–Kier alpha value is -5.48. The fourth-order valence-corrected chi connectivity index (χ4v) is 6.97. The first-order valence-corrected chi connectivity index (χ1v) is 15.2. The zero-order chi connectivity index (χ0) is 29.3. The summed E-state index contributed by atoms with van der Waals surface area (Å²) >= 11 is 0. The fourth-order valence-electron chi connectivity index (χ4n) is 6.97. The highest BCUT2D eigenvalue weighted by atomic mass is 16.5. The molecule has 0 saturated heterocycles. The molecule has 2 N–H and O–H groups in total. The number of para-hydroxylation sites is 1. The van der Waals surface area contributed by atoms with Gasteiger partial charge < -0.3 is 4.74 Å². The minimum Gasteiger partial charge on any atom is -0.485 e. The molecule has 0 fully saturated rings. The molecule has 2 aliphatic heterocycles. The van der Waals surface area contributed by atoms with Crippen molar-refractivity contribution in [3.05, 3.63) is 197 Å². The lowest BCUT2D eigenvalue weighted by Gasteiger charge is -2.49. The molecule has 0 radical (unpaired) electrons. The van der Waals surface area contributed by atoms with Crippen molar-refractivity contribution < 1.29 is 9.73 Å². The summed E-state index contributed by atoms with van der Waals surface area (Å²) in [7, 11) is 0. The molecule has 0 saturated carbocycles. The molecule has 3 aliphatic rings. The standard InChI is InChI=1S/C40H31N3O/c1-4-15-28(16-5-1)37-41-38(29-17-6-2-7-18-29)43-39(42-37)30-19-14-22-32(27-30)40(31-20-8-3-9-21-31)33-23-10-12-25-35(33)44-36-26-13-11-24-34(36)40/h1-27,33,35,37H,(H,41,42,43)/p+1. The first-order chi connectivity index (χ1) is 21.8. The molecule has 4 heteroatoms. The van der Waals surface area contributed by atoms with Gasteiger partial charge in [-0.2, -0.15) is 4.99 Å². The van der Waals surface area contributed by atoms with Gasteiger partial charge in [0, 0.05) is 22.6 Å². The Morgan fingerprint density at radius 1 is 0.636 bits per heavy atom. The van der Waals surface area contributed by atoms with Gasteiger partial charge in [0.05, 0.1) is 11.0 Å². The molecular formula is C40H32N3O+. The lowest BCUT2D eigenvalue weighted by atomic mass is 9.58. The number of hydrogen-bond donors (Lipinski definition) is 2. The molecule has 5 aromatic rings. The van der Waals surface area contributed by atoms with Crippen molar-refractivity contribution in [2.75, 3.05) is 0 Å². The summed E-state index contributed by atoms with van der Waals surface area (Å²) in [4.78, 5) is 8.81. The second-order valence-electron chi connectivity index (χ2n) is 11.4. The van der Waals surface area contributed by atoms with Crippen molar-refractivity contribution in [2.45, 2.75) is 17.7 Å². The van der Waals surface area contributed by atoms with E-state index in [1.807, 2.05) is 24.3 Å². The van der Waals surface area contributed by atoms with Gasteiger partial charge in [0.15, 0.2) is 0 Å². The SMILES string of the molecule is C1=CC2Oc3ccccc3C(c3ccccc3)(c3cccc(C4=[NH+]C(c5ccccc5)N=C(c5ccccc5)N4)c3)C2C=C1. The van der Waals surface area contributed by atoms with E-state index in [-0.39, 0.29) is 18.2 Å². The molecule has 0 aromatic heterocycles. The highest BCUT2D eigenvalue weighted by Gasteiger charge is 2.51. The van der Waals surface area contributed by atoms with Crippen LogP contribution in [0.25, 0.3) is 0 Å². The van der Waals surface area contributed by atoms with Gasteiger partial charge >= 0.3 is 0 Å².